The van der Waals surface area contributed by atoms with Crippen LogP contribution in [0.15, 0.2) is 0 Å². The smallest absolute Gasteiger partial charge is 0.212 e. The monoisotopic (exact) mass is 171 g/mol. The topological polar surface area (TPSA) is 53.3 Å². The molecule has 0 aromatic rings. The first-order valence-electron chi connectivity index (χ1n) is 2.92. The summed E-state index contributed by atoms with van der Waals surface area (Å²) in [7, 11) is 0. The average Bonchev–Trinajstić information content (AvgIpc) is 1.64. The fourth-order valence-electron chi connectivity index (χ4n) is 0.321. The molecule has 0 fully saturated rings. The van der Waals surface area contributed by atoms with Gasteiger partial charge in [-0.05, 0) is 20.8 Å². The van der Waals surface area contributed by atoms with Crippen LogP contribution in [0.2, 0.25) is 0 Å². The zero-order valence-corrected chi connectivity index (χ0v) is 6.88. The molecule has 0 radical (unpaired) electrons. The van der Waals surface area contributed by atoms with E-state index in [2.05, 4.69) is 0 Å². The van der Waals surface area contributed by atoms with E-state index in [9.17, 15) is 0 Å². The van der Waals surface area contributed by atoms with Crippen LogP contribution in [0.1, 0.15) is 20.8 Å². The first-order valence-corrected chi connectivity index (χ1v) is 2.92. The number of rotatable bonds is 2. The van der Waals surface area contributed by atoms with Crippen LogP contribution in [-0.2, 0) is 4.74 Å². The number of hydrogen-bond donors (Lipinski definition) is 2. The molecule has 0 unspecified atom stereocenters. The van der Waals surface area contributed by atoms with E-state index in [-0.39, 0.29) is 15.3 Å². The van der Waals surface area contributed by atoms with Crippen molar-refractivity contribution in [1.29, 1.82) is 5.41 Å². The molecule has 0 aromatic heterocycles. The highest BCUT2D eigenvalue weighted by Gasteiger charge is 2.20. The maximum Gasteiger partial charge on any atom is 0.212 e. The van der Waals surface area contributed by atoms with Gasteiger partial charge in [-0.2, -0.15) is 0 Å². The summed E-state index contributed by atoms with van der Waals surface area (Å²) in [6.45, 7) is 5.25. The molecule has 0 rings (SSSR count). The third-order valence-corrected chi connectivity index (χ3v) is 0.844. The SMILES string of the molecule is CCOC(=N)C(C)(C)O.F.F. The van der Waals surface area contributed by atoms with Crippen molar-refractivity contribution in [3.63, 3.8) is 0 Å². The molecule has 0 aliphatic rings. The van der Waals surface area contributed by atoms with Crippen molar-refractivity contribution in [3.8, 4) is 0 Å². The van der Waals surface area contributed by atoms with E-state index < -0.39 is 5.60 Å². The highest BCUT2D eigenvalue weighted by atomic mass is 19.0. The first-order chi connectivity index (χ1) is 3.98. The Morgan fingerprint density at radius 2 is 1.82 bits per heavy atom. The number of ether oxygens (including phenoxy) is 1. The standard InChI is InChI=1S/C6H13NO2.2FH/c1-4-9-5(7)6(2,3)8;;/h7-8H,4H2,1-3H3;2*1H. The maximum atomic E-state index is 9.07. The zero-order valence-electron chi connectivity index (χ0n) is 6.88. The summed E-state index contributed by atoms with van der Waals surface area (Å²) in [5.74, 6) is -0.0787. The van der Waals surface area contributed by atoms with Crippen LogP contribution < -0.4 is 0 Å². The molecule has 3 nitrogen and oxygen atoms in total. The van der Waals surface area contributed by atoms with Gasteiger partial charge in [-0.3, -0.25) is 14.8 Å². The van der Waals surface area contributed by atoms with E-state index in [0.29, 0.717) is 6.61 Å². The third-order valence-electron chi connectivity index (χ3n) is 0.844. The lowest BCUT2D eigenvalue weighted by Gasteiger charge is -2.17. The van der Waals surface area contributed by atoms with Gasteiger partial charge in [0.25, 0.3) is 0 Å². The van der Waals surface area contributed by atoms with Gasteiger partial charge in [-0.1, -0.05) is 0 Å². The molecule has 70 valence electrons. The highest BCUT2D eigenvalue weighted by molar-refractivity contribution is 5.80. The highest BCUT2D eigenvalue weighted by Crippen LogP contribution is 2.03. The van der Waals surface area contributed by atoms with Gasteiger partial charge in [0.1, 0.15) is 5.60 Å². The number of nitrogens with one attached hydrogen (secondary N) is 1. The molecule has 0 aliphatic heterocycles. The molecule has 2 N–H and O–H groups in total. The predicted molar refractivity (Wildman–Crippen MR) is 40.7 cm³/mol. The lowest BCUT2D eigenvalue weighted by atomic mass is 10.1. The molecule has 11 heavy (non-hydrogen) atoms. The van der Waals surface area contributed by atoms with Gasteiger partial charge in [0, 0.05) is 0 Å². The van der Waals surface area contributed by atoms with Crippen molar-refractivity contribution in [2.24, 2.45) is 0 Å². The van der Waals surface area contributed by atoms with Crippen molar-refractivity contribution in [1.82, 2.24) is 0 Å². The van der Waals surface area contributed by atoms with Crippen molar-refractivity contribution < 1.29 is 19.3 Å². The van der Waals surface area contributed by atoms with E-state index in [0.717, 1.165) is 0 Å². The summed E-state index contributed by atoms with van der Waals surface area (Å²) in [6, 6.07) is 0. The molecular weight excluding hydrogens is 156 g/mol. The third kappa shape index (κ3) is 7.18. The van der Waals surface area contributed by atoms with Crippen LogP contribution in [0.3, 0.4) is 0 Å². The Kier molecular flexibility index (Phi) is 9.16. The molecule has 0 saturated carbocycles. The minimum absolute atomic E-state index is 0. The van der Waals surface area contributed by atoms with Crippen LogP contribution in [0.5, 0.6) is 0 Å². The molecular formula is C6H15F2NO2. The van der Waals surface area contributed by atoms with Crippen LogP contribution in [0, 0.1) is 5.41 Å². The lowest BCUT2D eigenvalue weighted by Crippen LogP contribution is -2.32. The van der Waals surface area contributed by atoms with Crippen LogP contribution in [0.25, 0.3) is 0 Å². The van der Waals surface area contributed by atoms with Crippen molar-refractivity contribution in [2.75, 3.05) is 6.61 Å². The summed E-state index contributed by atoms with van der Waals surface area (Å²) in [5, 5.41) is 16.1. The number of halogens is 2. The van der Waals surface area contributed by atoms with Gasteiger partial charge >= 0.3 is 0 Å². The first kappa shape index (κ1) is 16.7. The quantitative estimate of drug-likeness (QED) is 0.482. The van der Waals surface area contributed by atoms with Crippen LogP contribution in [-0.4, -0.2) is 23.2 Å². The van der Waals surface area contributed by atoms with Gasteiger partial charge in [-0.25, -0.2) is 0 Å². The van der Waals surface area contributed by atoms with Gasteiger partial charge < -0.3 is 9.84 Å². The summed E-state index contributed by atoms with van der Waals surface area (Å²) in [5.41, 5.74) is -1.13. The molecule has 0 heterocycles. The van der Waals surface area contributed by atoms with Crippen molar-refractivity contribution >= 4 is 5.90 Å². The van der Waals surface area contributed by atoms with Crippen LogP contribution in [0.4, 0.5) is 9.41 Å². The van der Waals surface area contributed by atoms with E-state index in [4.69, 9.17) is 15.3 Å². The minimum Gasteiger partial charge on any atom is -0.479 e. The Bertz CT molecular complexity index is 112. The average molecular weight is 171 g/mol. The molecule has 0 saturated heterocycles. The molecule has 5 heteroatoms. The van der Waals surface area contributed by atoms with E-state index in [1.807, 2.05) is 0 Å². The summed E-state index contributed by atoms with van der Waals surface area (Å²) < 4.78 is 4.74. The second-order valence-electron chi connectivity index (χ2n) is 2.32. The van der Waals surface area contributed by atoms with E-state index in [1.54, 1.807) is 6.92 Å². The number of hydrogen-bond acceptors (Lipinski definition) is 3. The predicted octanol–water partition coefficient (Wildman–Crippen LogP) is 1.08. The summed E-state index contributed by atoms with van der Waals surface area (Å²) in [6.07, 6.45) is 0. The normalized spacial score (nSPS) is 9.09. The minimum atomic E-state index is -1.13. The Morgan fingerprint density at radius 1 is 1.45 bits per heavy atom. The summed E-state index contributed by atoms with van der Waals surface area (Å²) in [4.78, 5) is 0. The molecule has 0 spiro atoms. The molecule has 0 bridgehead atoms. The Balaban J connectivity index is -0.000000320. The lowest BCUT2D eigenvalue weighted by molar-refractivity contribution is 0.114. The Morgan fingerprint density at radius 3 is 1.91 bits per heavy atom. The molecule has 0 aromatic carbocycles. The van der Waals surface area contributed by atoms with Crippen molar-refractivity contribution in [3.05, 3.63) is 0 Å². The fourth-order valence-corrected chi connectivity index (χ4v) is 0.321. The second-order valence-corrected chi connectivity index (χ2v) is 2.32. The number of aliphatic hydroxyl groups is 1. The van der Waals surface area contributed by atoms with Gasteiger partial charge in [-0.15, -0.1) is 0 Å². The van der Waals surface area contributed by atoms with Crippen LogP contribution >= 0.6 is 0 Å². The second kappa shape index (κ2) is 6.03. The summed E-state index contributed by atoms with van der Waals surface area (Å²) >= 11 is 0. The van der Waals surface area contributed by atoms with E-state index >= 15 is 0 Å². The fraction of sp³-hybridized carbons (Fsp3) is 0.833. The Hall–Kier alpha value is -0.710. The van der Waals surface area contributed by atoms with Gasteiger partial charge in [0.2, 0.25) is 5.90 Å². The van der Waals surface area contributed by atoms with Gasteiger partial charge in [0.05, 0.1) is 6.61 Å². The van der Waals surface area contributed by atoms with Gasteiger partial charge in [0.15, 0.2) is 0 Å². The molecule has 0 aliphatic carbocycles. The maximum absolute atomic E-state index is 9.07. The van der Waals surface area contributed by atoms with Crippen molar-refractivity contribution in [2.45, 2.75) is 26.4 Å². The zero-order chi connectivity index (χ0) is 7.49. The molecule has 0 amide bonds. The Labute approximate surface area is 64.6 Å². The largest absolute Gasteiger partial charge is 0.479 e. The van der Waals surface area contributed by atoms with E-state index in [1.165, 1.54) is 13.8 Å². The molecule has 0 atom stereocenters.